The van der Waals surface area contributed by atoms with Crippen LogP contribution >= 0.6 is 11.8 Å². The van der Waals surface area contributed by atoms with Crippen LogP contribution in [-0.2, 0) is 17.8 Å². The number of carbonyl (C=O) groups is 1. The zero-order valence-corrected chi connectivity index (χ0v) is 16.0. The van der Waals surface area contributed by atoms with Gasteiger partial charge in [-0.1, -0.05) is 49.0 Å². The molecule has 0 N–H and O–H groups in total. The number of anilines is 1. The summed E-state index contributed by atoms with van der Waals surface area (Å²) in [4.78, 5) is 19.6. The molecule has 1 aromatic heterocycles. The maximum absolute atomic E-state index is 12.9. The minimum Gasteiger partial charge on any atom is -0.319 e. The van der Waals surface area contributed by atoms with Gasteiger partial charge in [-0.3, -0.25) is 4.79 Å². The predicted molar refractivity (Wildman–Crippen MR) is 108 cm³/mol. The molecular weight excluding hydrogens is 342 g/mol. The molecule has 5 heteroatoms. The molecule has 2 aromatic carbocycles. The Balaban J connectivity index is 1.55. The zero-order chi connectivity index (χ0) is 18.1. The number of nitrogens with zero attached hydrogens (tertiary/aromatic N) is 3. The van der Waals surface area contributed by atoms with E-state index in [4.69, 9.17) is 4.98 Å². The minimum atomic E-state index is 0.155. The smallest absolute Gasteiger partial charge is 0.237 e. The van der Waals surface area contributed by atoms with Gasteiger partial charge >= 0.3 is 0 Å². The van der Waals surface area contributed by atoms with Crippen LogP contribution in [0.2, 0.25) is 0 Å². The SMILES string of the molecule is CCCn1c(SCC(=O)N2c3ccccc3CC2C)nc2ccccc21. The summed E-state index contributed by atoms with van der Waals surface area (Å²) in [6, 6.07) is 16.6. The summed E-state index contributed by atoms with van der Waals surface area (Å²) in [5, 5.41) is 0.932. The van der Waals surface area contributed by atoms with Gasteiger partial charge in [0.05, 0.1) is 16.8 Å². The molecule has 1 aliphatic heterocycles. The first-order valence-corrected chi connectivity index (χ1v) is 10.2. The monoisotopic (exact) mass is 365 g/mol. The van der Waals surface area contributed by atoms with Crippen LogP contribution in [-0.4, -0.2) is 27.3 Å². The van der Waals surface area contributed by atoms with Crippen molar-refractivity contribution < 1.29 is 4.79 Å². The van der Waals surface area contributed by atoms with Crippen molar-refractivity contribution in [2.45, 2.75) is 44.4 Å². The Morgan fingerprint density at radius 2 is 1.96 bits per heavy atom. The lowest BCUT2D eigenvalue weighted by Gasteiger charge is -2.22. The maximum atomic E-state index is 12.9. The van der Waals surface area contributed by atoms with Crippen molar-refractivity contribution in [2.75, 3.05) is 10.7 Å². The van der Waals surface area contributed by atoms with Crippen molar-refractivity contribution >= 4 is 34.4 Å². The number of fused-ring (bicyclic) bond motifs is 2. The molecule has 0 fully saturated rings. The topological polar surface area (TPSA) is 38.1 Å². The lowest BCUT2D eigenvalue weighted by Crippen LogP contribution is -2.37. The number of aryl methyl sites for hydroxylation is 1. The van der Waals surface area contributed by atoms with E-state index in [1.165, 1.54) is 5.56 Å². The van der Waals surface area contributed by atoms with Crippen LogP contribution in [0.25, 0.3) is 11.0 Å². The fourth-order valence-electron chi connectivity index (χ4n) is 3.74. The Hall–Kier alpha value is -2.27. The fraction of sp³-hybridized carbons (Fsp3) is 0.333. The van der Waals surface area contributed by atoms with E-state index in [1.54, 1.807) is 11.8 Å². The summed E-state index contributed by atoms with van der Waals surface area (Å²) in [7, 11) is 0. The number of carbonyl (C=O) groups excluding carboxylic acids is 1. The van der Waals surface area contributed by atoms with Crippen LogP contribution in [0, 0.1) is 0 Å². The zero-order valence-electron chi connectivity index (χ0n) is 15.2. The van der Waals surface area contributed by atoms with Crippen molar-refractivity contribution in [2.24, 2.45) is 0 Å². The van der Waals surface area contributed by atoms with Crippen LogP contribution in [0.3, 0.4) is 0 Å². The molecule has 0 bridgehead atoms. The van der Waals surface area contributed by atoms with E-state index < -0.39 is 0 Å². The number of imidazole rings is 1. The van der Waals surface area contributed by atoms with Gasteiger partial charge in [0.15, 0.2) is 5.16 Å². The molecule has 26 heavy (non-hydrogen) atoms. The van der Waals surface area contributed by atoms with Crippen LogP contribution in [0.1, 0.15) is 25.8 Å². The third-order valence-electron chi connectivity index (χ3n) is 4.87. The lowest BCUT2D eigenvalue weighted by atomic mass is 10.1. The third-order valence-corrected chi connectivity index (χ3v) is 5.83. The van der Waals surface area contributed by atoms with Crippen LogP contribution in [0.15, 0.2) is 53.7 Å². The van der Waals surface area contributed by atoms with Crippen molar-refractivity contribution in [1.82, 2.24) is 9.55 Å². The molecule has 2 heterocycles. The molecule has 0 spiro atoms. The van der Waals surface area contributed by atoms with Gasteiger partial charge in [0.25, 0.3) is 0 Å². The first kappa shape index (κ1) is 17.2. The number of rotatable bonds is 5. The van der Waals surface area contributed by atoms with Gasteiger partial charge in [-0.2, -0.15) is 0 Å². The van der Waals surface area contributed by atoms with Gasteiger partial charge in [0.2, 0.25) is 5.91 Å². The summed E-state index contributed by atoms with van der Waals surface area (Å²) in [6.45, 7) is 5.20. The van der Waals surface area contributed by atoms with Crippen LogP contribution in [0.5, 0.6) is 0 Å². The van der Waals surface area contributed by atoms with Crippen molar-refractivity contribution in [3.8, 4) is 0 Å². The van der Waals surface area contributed by atoms with E-state index >= 15 is 0 Å². The van der Waals surface area contributed by atoms with Crippen LogP contribution < -0.4 is 4.90 Å². The summed E-state index contributed by atoms with van der Waals surface area (Å²) in [6.07, 6.45) is 1.97. The van der Waals surface area contributed by atoms with E-state index in [0.29, 0.717) is 5.75 Å². The second kappa shape index (κ2) is 7.16. The molecule has 0 saturated carbocycles. The Kier molecular flexibility index (Phi) is 4.72. The average Bonchev–Trinajstić information content (AvgIpc) is 3.17. The summed E-state index contributed by atoms with van der Waals surface area (Å²) in [5.74, 6) is 0.564. The van der Waals surface area contributed by atoms with Gasteiger partial charge in [0.1, 0.15) is 0 Å². The minimum absolute atomic E-state index is 0.155. The number of amides is 1. The Morgan fingerprint density at radius 1 is 1.19 bits per heavy atom. The normalized spacial score (nSPS) is 16.2. The van der Waals surface area contributed by atoms with Gasteiger partial charge < -0.3 is 9.47 Å². The summed E-state index contributed by atoms with van der Waals surface area (Å²) >= 11 is 1.55. The second-order valence-corrected chi connectivity index (χ2v) is 7.71. The van der Waals surface area contributed by atoms with E-state index in [-0.39, 0.29) is 11.9 Å². The van der Waals surface area contributed by atoms with Crippen molar-refractivity contribution in [3.05, 3.63) is 54.1 Å². The average molecular weight is 366 g/mol. The quantitative estimate of drug-likeness (QED) is 0.624. The standard InChI is InChI=1S/C21H23N3OS/c1-3-12-23-19-11-7-5-9-17(19)22-21(23)26-14-20(25)24-15(2)13-16-8-4-6-10-18(16)24/h4-11,15H,3,12-14H2,1-2H3. The van der Waals surface area contributed by atoms with Crippen LogP contribution in [0.4, 0.5) is 5.69 Å². The second-order valence-electron chi connectivity index (χ2n) is 6.77. The van der Waals surface area contributed by atoms with Gasteiger partial charge in [-0.05, 0) is 43.5 Å². The highest BCUT2D eigenvalue weighted by molar-refractivity contribution is 7.99. The van der Waals surface area contributed by atoms with E-state index in [0.717, 1.165) is 41.3 Å². The number of hydrogen-bond acceptors (Lipinski definition) is 3. The van der Waals surface area contributed by atoms with E-state index in [2.05, 4.69) is 30.5 Å². The van der Waals surface area contributed by atoms with E-state index in [9.17, 15) is 4.79 Å². The lowest BCUT2D eigenvalue weighted by molar-refractivity contribution is -0.116. The van der Waals surface area contributed by atoms with E-state index in [1.807, 2.05) is 41.3 Å². The number of thioether (sulfide) groups is 1. The van der Waals surface area contributed by atoms with Crippen molar-refractivity contribution in [3.63, 3.8) is 0 Å². The van der Waals surface area contributed by atoms with Gasteiger partial charge in [-0.25, -0.2) is 4.98 Å². The number of aromatic nitrogens is 2. The molecule has 134 valence electrons. The molecule has 1 unspecified atom stereocenters. The molecule has 4 rings (SSSR count). The number of para-hydroxylation sites is 3. The molecule has 1 atom stereocenters. The Morgan fingerprint density at radius 3 is 2.81 bits per heavy atom. The highest BCUT2D eigenvalue weighted by atomic mass is 32.2. The molecule has 1 aliphatic rings. The fourth-order valence-corrected chi connectivity index (χ4v) is 4.64. The Bertz CT molecular complexity index is 949. The summed E-state index contributed by atoms with van der Waals surface area (Å²) in [5.41, 5.74) is 4.46. The first-order chi connectivity index (χ1) is 12.7. The molecule has 0 radical (unpaired) electrons. The maximum Gasteiger partial charge on any atom is 0.237 e. The first-order valence-electron chi connectivity index (χ1n) is 9.17. The summed E-state index contributed by atoms with van der Waals surface area (Å²) < 4.78 is 2.23. The number of benzene rings is 2. The van der Waals surface area contributed by atoms with Gasteiger partial charge in [-0.15, -0.1) is 0 Å². The molecule has 3 aromatic rings. The van der Waals surface area contributed by atoms with Crippen molar-refractivity contribution in [1.29, 1.82) is 0 Å². The third kappa shape index (κ3) is 3.01. The highest BCUT2D eigenvalue weighted by Crippen LogP contribution is 2.33. The highest BCUT2D eigenvalue weighted by Gasteiger charge is 2.30. The largest absolute Gasteiger partial charge is 0.319 e. The van der Waals surface area contributed by atoms with Gasteiger partial charge in [0, 0.05) is 18.3 Å². The molecular formula is C21H23N3OS. The predicted octanol–water partition coefficient (Wildman–Crippen LogP) is 4.52. The Labute approximate surface area is 158 Å². The molecule has 4 nitrogen and oxygen atoms in total. The molecule has 0 aliphatic carbocycles. The molecule has 1 amide bonds. The number of hydrogen-bond donors (Lipinski definition) is 0. The molecule has 0 saturated heterocycles.